The van der Waals surface area contributed by atoms with E-state index in [2.05, 4.69) is 27.1 Å². The minimum Gasteiger partial charge on any atom is -0.350 e. The van der Waals surface area contributed by atoms with Gasteiger partial charge in [0, 0.05) is 24.7 Å². The molecular weight excluding hydrogens is 410 g/mol. The van der Waals surface area contributed by atoms with E-state index >= 15 is 0 Å². The summed E-state index contributed by atoms with van der Waals surface area (Å²) < 4.78 is 25.3. The Morgan fingerprint density at radius 2 is 1.93 bits per heavy atom. The molecule has 1 atom stereocenters. The van der Waals surface area contributed by atoms with Gasteiger partial charge >= 0.3 is 0 Å². The molecule has 1 aliphatic heterocycles. The van der Waals surface area contributed by atoms with E-state index in [4.69, 9.17) is 11.6 Å². The van der Waals surface area contributed by atoms with Gasteiger partial charge in [0.2, 0.25) is 10.0 Å². The highest BCUT2D eigenvalue weighted by molar-refractivity contribution is 7.92. The lowest BCUT2D eigenvalue weighted by atomic mass is 10.0. The van der Waals surface area contributed by atoms with Crippen molar-refractivity contribution < 1.29 is 13.2 Å². The molecule has 2 aromatic rings. The van der Waals surface area contributed by atoms with E-state index in [0.29, 0.717) is 12.1 Å². The Hall–Kier alpha value is -2.09. The number of nitrogens with one attached hydrogen (secondary N) is 2. The van der Waals surface area contributed by atoms with E-state index in [-0.39, 0.29) is 22.7 Å². The lowest BCUT2D eigenvalue weighted by Gasteiger charge is -2.36. The number of anilines is 1. The zero-order valence-electron chi connectivity index (χ0n) is 16.4. The van der Waals surface area contributed by atoms with Gasteiger partial charge in [0.25, 0.3) is 5.91 Å². The lowest BCUT2D eigenvalue weighted by Crippen LogP contribution is -2.46. The number of nitrogens with zero attached hydrogens (tertiary/aromatic N) is 1. The minimum atomic E-state index is -3.48. The number of benzene rings is 2. The summed E-state index contributed by atoms with van der Waals surface area (Å²) in [5.74, 6) is -0.247. The molecule has 156 valence electrons. The molecule has 1 saturated heterocycles. The first-order valence-corrected chi connectivity index (χ1v) is 11.9. The molecule has 2 N–H and O–H groups in total. The topological polar surface area (TPSA) is 78.5 Å². The number of likely N-dealkylation sites (tertiary alicyclic amines) is 1. The highest BCUT2D eigenvalue weighted by Crippen LogP contribution is 2.24. The second-order valence-electron chi connectivity index (χ2n) is 7.38. The number of sulfonamides is 1. The van der Waals surface area contributed by atoms with Crippen LogP contribution >= 0.6 is 11.6 Å². The number of carbonyl (C=O) groups is 1. The summed E-state index contributed by atoms with van der Waals surface area (Å²) in [7, 11) is -3.48. The Balaban J connectivity index is 1.63. The van der Waals surface area contributed by atoms with Crippen LogP contribution in [0.3, 0.4) is 0 Å². The molecule has 1 fully saturated rings. The van der Waals surface area contributed by atoms with Crippen LogP contribution in [0, 0.1) is 0 Å². The first-order valence-electron chi connectivity index (χ1n) is 9.65. The second kappa shape index (κ2) is 9.61. The maximum absolute atomic E-state index is 12.6. The van der Waals surface area contributed by atoms with Gasteiger partial charge < -0.3 is 5.32 Å². The van der Waals surface area contributed by atoms with Gasteiger partial charge in [-0.2, -0.15) is 0 Å². The van der Waals surface area contributed by atoms with Crippen LogP contribution in [-0.2, 0) is 16.6 Å². The molecule has 2 aromatic carbocycles. The smallest absolute Gasteiger partial charge is 0.251 e. The van der Waals surface area contributed by atoms with E-state index in [1.807, 2.05) is 18.2 Å². The van der Waals surface area contributed by atoms with Gasteiger partial charge in [-0.25, -0.2) is 8.42 Å². The van der Waals surface area contributed by atoms with Crippen LogP contribution in [0.5, 0.6) is 0 Å². The molecule has 3 rings (SSSR count). The SMILES string of the molecule is CS(=O)(=O)Nc1cc(C(=O)NCC2CCCCN2Cc2ccccc2)ccc1Cl. The summed E-state index contributed by atoms with van der Waals surface area (Å²) in [6, 6.07) is 15.2. The van der Waals surface area contributed by atoms with Gasteiger partial charge in [-0.1, -0.05) is 48.4 Å². The van der Waals surface area contributed by atoms with Crippen LogP contribution in [0.25, 0.3) is 0 Å². The molecule has 8 heteroatoms. The normalized spacial score (nSPS) is 17.7. The standard InChI is InChI=1S/C21H26ClN3O3S/c1-29(27,28)24-20-13-17(10-11-19(20)22)21(26)23-14-18-9-5-6-12-25(18)15-16-7-3-2-4-8-16/h2-4,7-8,10-11,13,18,24H,5-6,9,12,14-15H2,1H3,(H,23,26). The molecule has 0 aliphatic carbocycles. The Morgan fingerprint density at radius 3 is 2.66 bits per heavy atom. The monoisotopic (exact) mass is 435 g/mol. The van der Waals surface area contributed by atoms with Crippen molar-refractivity contribution in [2.45, 2.75) is 31.8 Å². The number of halogens is 1. The third kappa shape index (κ3) is 6.45. The maximum Gasteiger partial charge on any atom is 0.251 e. The van der Waals surface area contributed by atoms with E-state index < -0.39 is 10.0 Å². The van der Waals surface area contributed by atoms with Crippen LogP contribution in [0.4, 0.5) is 5.69 Å². The van der Waals surface area contributed by atoms with E-state index in [1.165, 1.54) is 17.7 Å². The number of hydrogen-bond donors (Lipinski definition) is 2. The molecule has 0 spiro atoms. The molecule has 1 amide bonds. The Bertz CT molecular complexity index is 951. The van der Waals surface area contributed by atoms with Crippen LogP contribution in [0.2, 0.25) is 5.02 Å². The molecule has 1 heterocycles. The van der Waals surface area contributed by atoms with Crippen molar-refractivity contribution in [3.05, 3.63) is 64.7 Å². The Morgan fingerprint density at radius 1 is 1.17 bits per heavy atom. The molecule has 1 aliphatic rings. The number of rotatable bonds is 7. The van der Waals surface area contributed by atoms with Gasteiger partial charge in [-0.05, 0) is 43.1 Å². The molecule has 29 heavy (non-hydrogen) atoms. The maximum atomic E-state index is 12.6. The number of piperidine rings is 1. The lowest BCUT2D eigenvalue weighted by molar-refractivity contribution is 0.0907. The van der Waals surface area contributed by atoms with Crippen molar-refractivity contribution in [2.24, 2.45) is 0 Å². The highest BCUT2D eigenvalue weighted by Gasteiger charge is 2.23. The van der Waals surface area contributed by atoms with Gasteiger partial charge in [-0.15, -0.1) is 0 Å². The van der Waals surface area contributed by atoms with Crippen LogP contribution < -0.4 is 10.0 Å². The van der Waals surface area contributed by atoms with Crippen LogP contribution in [-0.4, -0.2) is 44.6 Å². The Labute approximate surface area is 177 Å². The summed E-state index contributed by atoms with van der Waals surface area (Å²) in [5, 5.41) is 3.24. The van der Waals surface area contributed by atoms with Crippen molar-refractivity contribution in [3.8, 4) is 0 Å². The summed E-state index contributed by atoms with van der Waals surface area (Å²) in [4.78, 5) is 15.0. The quantitative estimate of drug-likeness (QED) is 0.697. The van der Waals surface area contributed by atoms with Crippen LogP contribution in [0.15, 0.2) is 48.5 Å². The first kappa shape index (κ1) is 21.6. The van der Waals surface area contributed by atoms with Crippen molar-refractivity contribution in [1.82, 2.24) is 10.2 Å². The molecule has 0 aromatic heterocycles. The third-order valence-corrected chi connectivity index (χ3v) is 5.92. The molecule has 0 bridgehead atoms. The average molecular weight is 436 g/mol. The van der Waals surface area contributed by atoms with Crippen molar-refractivity contribution in [1.29, 1.82) is 0 Å². The largest absolute Gasteiger partial charge is 0.350 e. The fourth-order valence-electron chi connectivity index (χ4n) is 3.57. The minimum absolute atomic E-state index is 0.199. The predicted octanol–water partition coefficient (Wildman–Crippen LogP) is 3.50. The second-order valence-corrected chi connectivity index (χ2v) is 9.54. The van der Waals surface area contributed by atoms with Gasteiger partial charge in [0.15, 0.2) is 0 Å². The van der Waals surface area contributed by atoms with Crippen molar-refractivity contribution in [3.63, 3.8) is 0 Å². The van der Waals surface area contributed by atoms with E-state index in [0.717, 1.165) is 38.6 Å². The number of amides is 1. The summed E-state index contributed by atoms with van der Waals surface area (Å²) >= 11 is 6.04. The fourth-order valence-corrected chi connectivity index (χ4v) is 4.36. The van der Waals surface area contributed by atoms with Crippen molar-refractivity contribution >= 4 is 33.2 Å². The average Bonchev–Trinajstić information content (AvgIpc) is 2.68. The van der Waals surface area contributed by atoms with E-state index in [1.54, 1.807) is 6.07 Å². The fraction of sp³-hybridized carbons (Fsp3) is 0.381. The summed E-state index contributed by atoms with van der Waals surface area (Å²) in [6.45, 7) is 2.42. The summed E-state index contributed by atoms with van der Waals surface area (Å²) in [6.07, 6.45) is 4.39. The van der Waals surface area contributed by atoms with Crippen LogP contribution in [0.1, 0.15) is 35.2 Å². The zero-order chi connectivity index (χ0) is 20.9. The highest BCUT2D eigenvalue weighted by atomic mass is 35.5. The summed E-state index contributed by atoms with van der Waals surface area (Å²) in [5.41, 5.74) is 1.83. The first-order chi connectivity index (χ1) is 13.8. The zero-order valence-corrected chi connectivity index (χ0v) is 18.0. The van der Waals surface area contributed by atoms with E-state index in [9.17, 15) is 13.2 Å². The molecule has 0 saturated carbocycles. The molecule has 1 unspecified atom stereocenters. The number of hydrogen-bond acceptors (Lipinski definition) is 4. The Kier molecular flexibility index (Phi) is 7.16. The van der Waals surface area contributed by atoms with Gasteiger partial charge in [0.05, 0.1) is 17.0 Å². The predicted molar refractivity (Wildman–Crippen MR) is 117 cm³/mol. The molecule has 6 nitrogen and oxygen atoms in total. The molecular formula is C21H26ClN3O3S. The van der Waals surface area contributed by atoms with Gasteiger partial charge in [-0.3, -0.25) is 14.4 Å². The third-order valence-electron chi connectivity index (χ3n) is 5.00. The van der Waals surface area contributed by atoms with Gasteiger partial charge in [0.1, 0.15) is 0 Å². The van der Waals surface area contributed by atoms with Crippen molar-refractivity contribution in [2.75, 3.05) is 24.1 Å². The number of carbonyl (C=O) groups excluding carboxylic acids is 1. The molecule has 0 radical (unpaired) electrons.